The summed E-state index contributed by atoms with van der Waals surface area (Å²) in [6.45, 7) is 1.80. The molecule has 0 bridgehead atoms. The molecule has 0 spiro atoms. The SMILES string of the molecule is N#Cc1nc(N2CCN(S(=O)(=O)c3ccc4c(c3)CCC4)CC2)ccc1Cl. The van der Waals surface area contributed by atoms with Gasteiger partial charge in [-0.25, -0.2) is 13.4 Å². The molecule has 2 aliphatic rings. The molecule has 0 unspecified atom stereocenters. The van der Waals surface area contributed by atoms with E-state index in [9.17, 15) is 8.42 Å². The van der Waals surface area contributed by atoms with E-state index in [0.717, 1.165) is 24.8 Å². The van der Waals surface area contributed by atoms with Crippen molar-refractivity contribution in [1.82, 2.24) is 9.29 Å². The highest BCUT2D eigenvalue weighted by Gasteiger charge is 2.30. The van der Waals surface area contributed by atoms with Crippen LogP contribution in [-0.2, 0) is 22.9 Å². The van der Waals surface area contributed by atoms with Gasteiger partial charge in [-0.1, -0.05) is 17.7 Å². The molecule has 0 N–H and O–H groups in total. The van der Waals surface area contributed by atoms with Gasteiger partial charge in [0.2, 0.25) is 10.0 Å². The molecule has 1 saturated heterocycles. The number of aryl methyl sites for hydroxylation is 2. The standard InChI is InChI=1S/C19H19ClN4O2S/c20-17-6-7-19(22-18(17)13-21)23-8-10-24(11-9-23)27(25,26)16-5-4-14-2-1-3-15(14)12-16/h4-7,12H,1-3,8-11H2. The summed E-state index contributed by atoms with van der Waals surface area (Å²) in [5.74, 6) is 0.644. The first kappa shape index (κ1) is 18.2. The van der Waals surface area contributed by atoms with Crippen LogP contribution in [-0.4, -0.2) is 43.9 Å². The largest absolute Gasteiger partial charge is 0.354 e. The molecule has 2 aromatic rings. The number of halogens is 1. The van der Waals surface area contributed by atoms with E-state index >= 15 is 0 Å². The van der Waals surface area contributed by atoms with Crippen LogP contribution >= 0.6 is 11.6 Å². The molecule has 1 aromatic carbocycles. The van der Waals surface area contributed by atoms with Crippen LogP contribution < -0.4 is 4.90 Å². The molecular weight excluding hydrogens is 384 g/mol. The first-order valence-corrected chi connectivity index (χ1v) is 10.7. The van der Waals surface area contributed by atoms with Crippen molar-refractivity contribution >= 4 is 27.4 Å². The van der Waals surface area contributed by atoms with Gasteiger partial charge in [0, 0.05) is 26.2 Å². The average molecular weight is 403 g/mol. The summed E-state index contributed by atoms with van der Waals surface area (Å²) in [6.07, 6.45) is 3.08. The van der Waals surface area contributed by atoms with E-state index in [4.69, 9.17) is 16.9 Å². The van der Waals surface area contributed by atoms with Crippen molar-refractivity contribution in [3.63, 3.8) is 0 Å². The summed E-state index contributed by atoms with van der Waals surface area (Å²) in [5, 5.41) is 9.40. The Morgan fingerprint density at radius 3 is 2.52 bits per heavy atom. The number of fused-ring (bicyclic) bond motifs is 1. The predicted octanol–water partition coefficient (Wildman–Crippen LogP) is 2.61. The molecule has 2 heterocycles. The summed E-state index contributed by atoms with van der Waals surface area (Å²) >= 11 is 5.94. The van der Waals surface area contributed by atoms with E-state index in [-0.39, 0.29) is 5.69 Å². The second kappa shape index (κ2) is 7.12. The number of benzene rings is 1. The van der Waals surface area contributed by atoms with Gasteiger partial charge in [0.15, 0.2) is 5.69 Å². The van der Waals surface area contributed by atoms with Crippen molar-refractivity contribution < 1.29 is 8.42 Å². The predicted molar refractivity (Wildman–Crippen MR) is 103 cm³/mol. The molecule has 140 valence electrons. The monoisotopic (exact) mass is 402 g/mol. The van der Waals surface area contributed by atoms with Crippen molar-refractivity contribution in [2.45, 2.75) is 24.2 Å². The van der Waals surface area contributed by atoms with Crippen LogP contribution in [0.1, 0.15) is 23.2 Å². The molecular formula is C19H19ClN4O2S. The van der Waals surface area contributed by atoms with E-state index in [1.807, 2.05) is 23.1 Å². The molecule has 27 heavy (non-hydrogen) atoms. The Bertz CT molecular complexity index is 1020. The number of hydrogen-bond acceptors (Lipinski definition) is 5. The summed E-state index contributed by atoms with van der Waals surface area (Å²) in [6, 6.07) is 10.9. The number of pyridine rings is 1. The highest BCUT2D eigenvalue weighted by atomic mass is 35.5. The minimum Gasteiger partial charge on any atom is -0.354 e. The zero-order chi connectivity index (χ0) is 19.0. The summed E-state index contributed by atoms with van der Waals surface area (Å²) in [4.78, 5) is 6.62. The quantitative estimate of drug-likeness (QED) is 0.788. The normalized spacial score (nSPS) is 17.6. The topological polar surface area (TPSA) is 77.3 Å². The lowest BCUT2D eigenvalue weighted by atomic mass is 10.1. The average Bonchev–Trinajstić information content (AvgIpc) is 3.16. The number of aromatic nitrogens is 1. The zero-order valence-corrected chi connectivity index (χ0v) is 16.3. The van der Waals surface area contributed by atoms with Crippen molar-refractivity contribution in [1.29, 1.82) is 5.26 Å². The van der Waals surface area contributed by atoms with Gasteiger partial charge in [0.25, 0.3) is 0 Å². The van der Waals surface area contributed by atoms with Crippen molar-refractivity contribution in [2.24, 2.45) is 0 Å². The van der Waals surface area contributed by atoms with Crippen molar-refractivity contribution in [3.8, 4) is 6.07 Å². The summed E-state index contributed by atoms with van der Waals surface area (Å²) in [7, 11) is -3.50. The number of hydrogen-bond donors (Lipinski definition) is 0. The van der Waals surface area contributed by atoms with Crippen molar-refractivity contribution in [3.05, 3.63) is 52.2 Å². The maximum absolute atomic E-state index is 13.0. The van der Waals surface area contributed by atoms with Gasteiger partial charge in [-0.3, -0.25) is 0 Å². The molecule has 1 aromatic heterocycles. The molecule has 0 atom stereocenters. The highest BCUT2D eigenvalue weighted by Crippen LogP contribution is 2.27. The molecule has 1 aliphatic carbocycles. The second-order valence-corrected chi connectivity index (χ2v) is 9.13. The molecule has 8 heteroatoms. The highest BCUT2D eigenvalue weighted by molar-refractivity contribution is 7.89. The van der Waals surface area contributed by atoms with E-state index in [1.54, 1.807) is 18.2 Å². The van der Waals surface area contributed by atoms with Gasteiger partial charge in [-0.15, -0.1) is 0 Å². The van der Waals surface area contributed by atoms with Crippen LogP contribution in [0.2, 0.25) is 5.02 Å². The third-order valence-electron chi connectivity index (χ3n) is 5.21. The van der Waals surface area contributed by atoms with E-state index < -0.39 is 10.0 Å². The first-order chi connectivity index (χ1) is 13.0. The fourth-order valence-corrected chi connectivity index (χ4v) is 5.32. The smallest absolute Gasteiger partial charge is 0.243 e. The third-order valence-corrected chi connectivity index (χ3v) is 7.41. The van der Waals surface area contributed by atoms with Gasteiger partial charge in [-0.2, -0.15) is 9.57 Å². The lowest BCUT2D eigenvalue weighted by molar-refractivity contribution is 0.384. The Morgan fingerprint density at radius 2 is 1.78 bits per heavy atom. The number of piperazine rings is 1. The number of sulfonamides is 1. The Hall–Kier alpha value is -2.14. The summed E-state index contributed by atoms with van der Waals surface area (Å²) < 4.78 is 27.5. The molecule has 4 rings (SSSR count). The Morgan fingerprint density at radius 1 is 1.04 bits per heavy atom. The number of nitriles is 1. The van der Waals surface area contributed by atoms with Crippen LogP contribution in [0.5, 0.6) is 0 Å². The maximum atomic E-state index is 13.0. The zero-order valence-electron chi connectivity index (χ0n) is 14.7. The van der Waals surface area contributed by atoms with Crippen LogP contribution in [0.3, 0.4) is 0 Å². The number of nitrogens with zero attached hydrogens (tertiary/aromatic N) is 4. The number of rotatable bonds is 3. The summed E-state index contributed by atoms with van der Waals surface area (Å²) in [5.41, 5.74) is 2.60. The van der Waals surface area contributed by atoms with Gasteiger partial charge < -0.3 is 4.90 Å². The van der Waals surface area contributed by atoms with E-state index in [0.29, 0.717) is 41.9 Å². The Kier molecular flexibility index (Phi) is 4.81. The molecule has 1 aliphatic heterocycles. The minimum absolute atomic E-state index is 0.183. The van der Waals surface area contributed by atoms with Gasteiger partial charge >= 0.3 is 0 Å². The van der Waals surface area contributed by atoms with Crippen LogP contribution in [0.15, 0.2) is 35.2 Å². The maximum Gasteiger partial charge on any atom is 0.243 e. The first-order valence-electron chi connectivity index (χ1n) is 8.92. The fourth-order valence-electron chi connectivity index (χ4n) is 3.70. The molecule has 0 radical (unpaired) electrons. The van der Waals surface area contributed by atoms with E-state index in [1.165, 1.54) is 9.87 Å². The van der Waals surface area contributed by atoms with Crippen LogP contribution in [0.4, 0.5) is 5.82 Å². The third kappa shape index (κ3) is 3.41. The Labute approximate surface area is 164 Å². The van der Waals surface area contributed by atoms with Crippen LogP contribution in [0, 0.1) is 11.3 Å². The second-order valence-electron chi connectivity index (χ2n) is 6.79. The lowest BCUT2D eigenvalue weighted by Gasteiger charge is -2.34. The number of anilines is 1. The van der Waals surface area contributed by atoms with Gasteiger partial charge in [0.1, 0.15) is 11.9 Å². The van der Waals surface area contributed by atoms with Gasteiger partial charge in [-0.05, 0) is 54.7 Å². The fraction of sp³-hybridized carbons (Fsp3) is 0.368. The van der Waals surface area contributed by atoms with Crippen LogP contribution in [0.25, 0.3) is 0 Å². The minimum atomic E-state index is -3.50. The van der Waals surface area contributed by atoms with E-state index in [2.05, 4.69) is 4.98 Å². The van der Waals surface area contributed by atoms with Gasteiger partial charge in [0.05, 0.1) is 9.92 Å². The van der Waals surface area contributed by atoms with Crippen molar-refractivity contribution in [2.75, 3.05) is 31.1 Å². The molecule has 6 nitrogen and oxygen atoms in total. The molecule has 1 fully saturated rings. The molecule has 0 amide bonds. The lowest BCUT2D eigenvalue weighted by Crippen LogP contribution is -2.49. The Balaban J connectivity index is 1.49. The molecule has 0 saturated carbocycles.